The fraction of sp³-hybridized carbons (Fsp3) is 0.471. The molecular weight excluding hydrogens is 264 g/mol. The van der Waals surface area contributed by atoms with Gasteiger partial charge in [-0.2, -0.15) is 0 Å². The van der Waals surface area contributed by atoms with Gasteiger partial charge in [-0.15, -0.1) is 0 Å². The Morgan fingerprint density at radius 2 is 2.05 bits per heavy atom. The summed E-state index contributed by atoms with van der Waals surface area (Å²) < 4.78 is 0. The van der Waals surface area contributed by atoms with Crippen molar-refractivity contribution >= 4 is 16.8 Å². The van der Waals surface area contributed by atoms with Crippen LogP contribution in [0.25, 0.3) is 10.9 Å². The molecule has 3 rings (SSSR count). The van der Waals surface area contributed by atoms with Crippen molar-refractivity contribution in [2.45, 2.75) is 38.1 Å². The molecule has 1 saturated carbocycles. The quantitative estimate of drug-likeness (QED) is 0.908. The van der Waals surface area contributed by atoms with Gasteiger partial charge in [0.25, 0.3) is 5.91 Å². The molecule has 1 amide bonds. The molecule has 0 radical (unpaired) electrons. The van der Waals surface area contributed by atoms with Crippen molar-refractivity contribution in [2.24, 2.45) is 0 Å². The van der Waals surface area contributed by atoms with E-state index in [0.29, 0.717) is 12.1 Å². The predicted octanol–water partition coefficient (Wildman–Crippen LogP) is 2.94. The standard InChI is InChI=1S/C17H22N2O2/c20-11-10-19(15-4-2-1-3-5-15)17(21)14-6-7-16-13(12-14)8-9-18-16/h6-9,12,15,18,20H,1-5,10-11H2. The van der Waals surface area contributed by atoms with Crippen molar-refractivity contribution in [3.8, 4) is 0 Å². The molecule has 21 heavy (non-hydrogen) atoms. The maximum atomic E-state index is 12.8. The largest absolute Gasteiger partial charge is 0.395 e. The molecule has 1 aliphatic carbocycles. The zero-order valence-corrected chi connectivity index (χ0v) is 12.2. The molecule has 2 N–H and O–H groups in total. The number of rotatable bonds is 4. The van der Waals surface area contributed by atoms with E-state index in [1.54, 1.807) is 0 Å². The third kappa shape index (κ3) is 2.95. The molecule has 1 aromatic heterocycles. The third-order valence-electron chi connectivity index (χ3n) is 4.42. The smallest absolute Gasteiger partial charge is 0.254 e. The van der Waals surface area contributed by atoms with Gasteiger partial charge in [0.1, 0.15) is 0 Å². The summed E-state index contributed by atoms with van der Waals surface area (Å²) in [5, 5.41) is 10.4. The van der Waals surface area contributed by atoms with E-state index < -0.39 is 0 Å². The van der Waals surface area contributed by atoms with Gasteiger partial charge in [-0.05, 0) is 37.1 Å². The molecule has 4 nitrogen and oxygen atoms in total. The zero-order chi connectivity index (χ0) is 14.7. The number of hydrogen-bond acceptors (Lipinski definition) is 2. The highest BCUT2D eigenvalue weighted by Gasteiger charge is 2.25. The molecule has 2 aromatic rings. The van der Waals surface area contributed by atoms with Gasteiger partial charge in [-0.25, -0.2) is 0 Å². The van der Waals surface area contributed by atoms with Gasteiger partial charge in [-0.1, -0.05) is 19.3 Å². The first-order valence-electron chi connectivity index (χ1n) is 7.78. The van der Waals surface area contributed by atoms with Crippen molar-refractivity contribution in [2.75, 3.05) is 13.2 Å². The second kappa shape index (κ2) is 6.31. The number of nitrogens with one attached hydrogen (secondary N) is 1. The van der Waals surface area contributed by atoms with E-state index in [4.69, 9.17) is 0 Å². The average molecular weight is 286 g/mol. The van der Waals surface area contributed by atoms with Crippen LogP contribution in [0.5, 0.6) is 0 Å². The van der Waals surface area contributed by atoms with Gasteiger partial charge in [-0.3, -0.25) is 4.79 Å². The number of aromatic amines is 1. The number of fused-ring (bicyclic) bond motifs is 1. The van der Waals surface area contributed by atoms with Crippen molar-refractivity contribution in [3.05, 3.63) is 36.0 Å². The number of amides is 1. The molecule has 1 aromatic carbocycles. The number of aliphatic hydroxyl groups is 1. The van der Waals surface area contributed by atoms with E-state index in [-0.39, 0.29) is 18.6 Å². The van der Waals surface area contributed by atoms with Crippen molar-refractivity contribution in [1.29, 1.82) is 0 Å². The molecule has 0 aliphatic heterocycles. The molecule has 4 heteroatoms. The molecule has 1 aliphatic rings. The van der Waals surface area contributed by atoms with Gasteiger partial charge in [0, 0.05) is 35.2 Å². The summed E-state index contributed by atoms with van der Waals surface area (Å²) in [6.07, 6.45) is 7.60. The molecule has 1 fully saturated rings. The molecule has 112 valence electrons. The Morgan fingerprint density at radius 1 is 1.24 bits per heavy atom. The second-order valence-electron chi connectivity index (χ2n) is 5.79. The third-order valence-corrected chi connectivity index (χ3v) is 4.42. The minimum absolute atomic E-state index is 0.0225. The average Bonchev–Trinajstić information content (AvgIpc) is 3.00. The number of nitrogens with zero attached hydrogens (tertiary/aromatic N) is 1. The van der Waals surface area contributed by atoms with Gasteiger partial charge in [0.15, 0.2) is 0 Å². The first-order valence-corrected chi connectivity index (χ1v) is 7.78. The fourth-order valence-corrected chi connectivity index (χ4v) is 3.30. The number of carbonyl (C=O) groups is 1. The SMILES string of the molecule is O=C(c1ccc2[nH]ccc2c1)N(CCO)C1CCCCC1. The van der Waals surface area contributed by atoms with E-state index in [2.05, 4.69) is 4.98 Å². The van der Waals surface area contributed by atoms with E-state index in [1.165, 1.54) is 19.3 Å². The monoisotopic (exact) mass is 286 g/mol. The Labute approximate surface area is 124 Å². The van der Waals surface area contributed by atoms with E-state index in [9.17, 15) is 9.90 Å². The zero-order valence-electron chi connectivity index (χ0n) is 12.2. The number of aromatic nitrogens is 1. The Balaban J connectivity index is 1.84. The summed E-state index contributed by atoms with van der Waals surface area (Å²) in [6, 6.07) is 8.00. The number of aliphatic hydroxyl groups excluding tert-OH is 1. The lowest BCUT2D eigenvalue weighted by Crippen LogP contribution is -2.43. The van der Waals surface area contributed by atoms with Gasteiger partial charge in [0.2, 0.25) is 0 Å². The maximum absolute atomic E-state index is 12.8. The lowest BCUT2D eigenvalue weighted by atomic mass is 9.93. The first-order chi connectivity index (χ1) is 10.3. The van der Waals surface area contributed by atoms with Crippen LogP contribution in [0.3, 0.4) is 0 Å². The van der Waals surface area contributed by atoms with Crippen molar-refractivity contribution < 1.29 is 9.90 Å². The maximum Gasteiger partial charge on any atom is 0.254 e. The molecule has 0 atom stereocenters. The van der Waals surface area contributed by atoms with Crippen LogP contribution >= 0.6 is 0 Å². The van der Waals surface area contributed by atoms with Crippen LogP contribution in [0, 0.1) is 0 Å². The highest BCUT2D eigenvalue weighted by molar-refractivity contribution is 5.98. The van der Waals surface area contributed by atoms with Crippen LogP contribution in [-0.4, -0.2) is 40.1 Å². The van der Waals surface area contributed by atoms with Crippen LogP contribution in [0.15, 0.2) is 30.5 Å². The van der Waals surface area contributed by atoms with Gasteiger partial charge >= 0.3 is 0 Å². The Hall–Kier alpha value is -1.81. The highest BCUT2D eigenvalue weighted by atomic mass is 16.3. The van der Waals surface area contributed by atoms with Gasteiger partial charge in [0.05, 0.1) is 6.61 Å². The minimum Gasteiger partial charge on any atom is -0.395 e. The Kier molecular flexibility index (Phi) is 4.25. The molecule has 0 bridgehead atoms. The molecule has 0 unspecified atom stereocenters. The fourth-order valence-electron chi connectivity index (χ4n) is 3.30. The molecule has 0 saturated heterocycles. The summed E-state index contributed by atoms with van der Waals surface area (Å²) in [6.45, 7) is 0.448. The number of H-pyrrole nitrogens is 1. The lowest BCUT2D eigenvalue weighted by Gasteiger charge is -2.34. The van der Waals surface area contributed by atoms with E-state index >= 15 is 0 Å². The Morgan fingerprint density at radius 3 is 2.81 bits per heavy atom. The topological polar surface area (TPSA) is 56.3 Å². The summed E-state index contributed by atoms with van der Waals surface area (Å²) in [7, 11) is 0. The molecule has 0 spiro atoms. The van der Waals surface area contributed by atoms with Crippen LogP contribution in [0.1, 0.15) is 42.5 Å². The van der Waals surface area contributed by atoms with E-state index in [1.807, 2.05) is 35.4 Å². The van der Waals surface area contributed by atoms with Crippen LogP contribution in [-0.2, 0) is 0 Å². The lowest BCUT2D eigenvalue weighted by molar-refractivity contribution is 0.0585. The Bertz CT molecular complexity index is 614. The second-order valence-corrected chi connectivity index (χ2v) is 5.79. The summed E-state index contributed by atoms with van der Waals surface area (Å²) in [5.41, 5.74) is 1.75. The van der Waals surface area contributed by atoms with E-state index in [0.717, 1.165) is 23.7 Å². The van der Waals surface area contributed by atoms with Crippen molar-refractivity contribution in [1.82, 2.24) is 9.88 Å². The summed E-state index contributed by atoms with van der Waals surface area (Å²) in [4.78, 5) is 17.8. The normalized spacial score (nSPS) is 16.2. The predicted molar refractivity (Wildman–Crippen MR) is 83.3 cm³/mol. The van der Waals surface area contributed by atoms with Crippen LogP contribution in [0.2, 0.25) is 0 Å². The summed E-state index contributed by atoms with van der Waals surface area (Å²) in [5.74, 6) is 0.0408. The molecular formula is C17H22N2O2. The number of hydrogen-bond donors (Lipinski definition) is 2. The molecule has 1 heterocycles. The van der Waals surface area contributed by atoms with Crippen molar-refractivity contribution in [3.63, 3.8) is 0 Å². The van der Waals surface area contributed by atoms with Gasteiger partial charge < -0.3 is 15.0 Å². The summed E-state index contributed by atoms with van der Waals surface area (Å²) >= 11 is 0. The minimum atomic E-state index is 0.0225. The van der Waals surface area contributed by atoms with Crippen LogP contribution < -0.4 is 0 Å². The first kappa shape index (κ1) is 14.1. The highest BCUT2D eigenvalue weighted by Crippen LogP contribution is 2.24. The number of benzene rings is 1. The van der Waals surface area contributed by atoms with Crippen LogP contribution in [0.4, 0.5) is 0 Å². The number of carbonyl (C=O) groups excluding carboxylic acids is 1.